The zero-order valence-electron chi connectivity index (χ0n) is 12.7. The second-order valence-corrected chi connectivity index (χ2v) is 7.78. The summed E-state index contributed by atoms with van der Waals surface area (Å²) in [5.41, 5.74) is 1.43. The molecule has 1 heterocycles. The molecule has 2 N–H and O–H groups in total. The lowest BCUT2D eigenvalue weighted by Crippen LogP contribution is -2.43. The van der Waals surface area contributed by atoms with Crippen molar-refractivity contribution in [3.63, 3.8) is 0 Å². The molecule has 0 saturated heterocycles. The predicted molar refractivity (Wildman–Crippen MR) is 80.3 cm³/mol. The van der Waals surface area contributed by atoms with Gasteiger partial charge in [-0.05, 0) is 55.8 Å². The van der Waals surface area contributed by atoms with Gasteiger partial charge < -0.3 is 10.3 Å². The highest BCUT2D eigenvalue weighted by Gasteiger charge is 2.49. The van der Waals surface area contributed by atoms with Crippen LogP contribution in [0, 0.1) is 23.7 Å². The van der Waals surface area contributed by atoms with Crippen LogP contribution in [0.15, 0.2) is 6.20 Å². The first kappa shape index (κ1) is 12.9. The van der Waals surface area contributed by atoms with Crippen LogP contribution < -0.4 is 5.32 Å². The second kappa shape index (κ2) is 4.87. The van der Waals surface area contributed by atoms with Gasteiger partial charge in [0.15, 0.2) is 0 Å². The molecule has 0 unspecified atom stereocenters. The maximum Gasteiger partial charge on any atom is 0.120 e. The fourth-order valence-electron chi connectivity index (χ4n) is 5.37. The zero-order chi connectivity index (χ0) is 13.7. The number of aromatic amines is 1. The average Bonchev–Trinajstić information content (AvgIpc) is 2.83. The van der Waals surface area contributed by atoms with E-state index < -0.39 is 0 Å². The van der Waals surface area contributed by atoms with Gasteiger partial charge in [-0.15, -0.1) is 0 Å². The molecular formula is C17H27N3. The molecule has 20 heavy (non-hydrogen) atoms. The molecule has 0 atom stereocenters. The van der Waals surface area contributed by atoms with E-state index in [0.717, 1.165) is 42.0 Å². The summed E-state index contributed by atoms with van der Waals surface area (Å²) in [5.74, 6) is 5.89. The number of hydrogen-bond acceptors (Lipinski definition) is 2. The van der Waals surface area contributed by atoms with Gasteiger partial charge in [0.2, 0.25) is 0 Å². The number of nitrogens with zero attached hydrogens (tertiary/aromatic N) is 1. The quantitative estimate of drug-likeness (QED) is 0.882. The van der Waals surface area contributed by atoms with E-state index in [0.29, 0.717) is 6.04 Å². The van der Waals surface area contributed by atoms with Crippen molar-refractivity contribution >= 4 is 0 Å². The molecule has 3 heteroatoms. The van der Waals surface area contributed by atoms with Crippen molar-refractivity contribution < 1.29 is 0 Å². The molecule has 4 fully saturated rings. The van der Waals surface area contributed by atoms with Crippen LogP contribution in [0.1, 0.15) is 63.4 Å². The van der Waals surface area contributed by atoms with E-state index in [1.165, 1.54) is 37.8 Å². The molecule has 3 nitrogen and oxygen atoms in total. The molecule has 4 bridgehead atoms. The van der Waals surface area contributed by atoms with Gasteiger partial charge in [0.1, 0.15) is 5.82 Å². The Hall–Kier alpha value is -0.830. The van der Waals surface area contributed by atoms with Crippen LogP contribution in [-0.4, -0.2) is 16.0 Å². The molecule has 0 aliphatic heterocycles. The summed E-state index contributed by atoms with van der Waals surface area (Å²) in [7, 11) is 0. The average molecular weight is 273 g/mol. The van der Waals surface area contributed by atoms with Gasteiger partial charge in [-0.2, -0.15) is 0 Å². The lowest BCUT2D eigenvalue weighted by molar-refractivity contribution is -0.00405. The summed E-state index contributed by atoms with van der Waals surface area (Å²) in [6.07, 6.45) is 9.59. The molecular weight excluding hydrogens is 246 g/mol. The Morgan fingerprint density at radius 1 is 1.15 bits per heavy atom. The number of imidazole rings is 1. The lowest BCUT2D eigenvalue weighted by Gasteiger charge is -2.54. The number of H-pyrrole nitrogens is 1. The second-order valence-electron chi connectivity index (χ2n) is 7.78. The maximum atomic E-state index is 4.60. The molecule has 0 amide bonds. The lowest BCUT2D eigenvalue weighted by atomic mass is 9.51. The molecule has 1 aromatic heterocycles. The largest absolute Gasteiger partial charge is 0.345 e. The van der Waals surface area contributed by atoms with E-state index in [2.05, 4.69) is 35.3 Å². The van der Waals surface area contributed by atoms with Crippen molar-refractivity contribution in [3.05, 3.63) is 17.7 Å². The smallest absolute Gasteiger partial charge is 0.120 e. The normalized spacial score (nSPS) is 38.9. The molecule has 1 aromatic rings. The third-order valence-electron chi connectivity index (χ3n) is 5.91. The van der Waals surface area contributed by atoms with Gasteiger partial charge in [0.25, 0.3) is 0 Å². The van der Waals surface area contributed by atoms with Gasteiger partial charge >= 0.3 is 0 Å². The number of nitrogens with one attached hydrogen (secondary N) is 2. The molecule has 4 aliphatic carbocycles. The Balaban J connectivity index is 1.50. The van der Waals surface area contributed by atoms with Crippen LogP contribution in [0.4, 0.5) is 0 Å². The van der Waals surface area contributed by atoms with Crippen molar-refractivity contribution in [1.82, 2.24) is 15.3 Å². The number of aromatic nitrogens is 2. The van der Waals surface area contributed by atoms with Crippen LogP contribution in [0.25, 0.3) is 0 Å². The van der Waals surface area contributed by atoms with E-state index in [-0.39, 0.29) is 0 Å². The zero-order valence-corrected chi connectivity index (χ0v) is 12.7. The van der Waals surface area contributed by atoms with Crippen molar-refractivity contribution in [2.75, 3.05) is 0 Å². The Morgan fingerprint density at radius 3 is 2.40 bits per heavy atom. The summed E-state index contributed by atoms with van der Waals surface area (Å²) in [6.45, 7) is 5.23. The first-order valence-corrected chi connectivity index (χ1v) is 8.46. The van der Waals surface area contributed by atoms with Gasteiger partial charge in [-0.1, -0.05) is 13.8 Å². The fourth-order valence-corrected chi connectivity index (χ4v) is 5.37. The Kier molecular flexibility index (Phi) is 3.13. The van der Waals surface area contributed by atoms with E-state index in [4.69, 9.17) is 0 Å². The molecule has 0 spiro atoms. The number of rotatable bonds is 4. The highest BCUT2D eigenvalue weighted by Crippen LogP contribution is 2.59. The first-order chi connectivity index (χ1) is 9.69. The third kappa shape index (κ3) is 2.20. The fraction of sp³-hybridized carbons (Fsp3) is 0.824. The van der Waals surface area contributed by atoms with Gasteiger partial charge in [0, 0.05) is 23.9 Å². The standard InChI is InChI=1S/C17H27N3/c1-10(2)18-9-16-19-8-15(20-16)17-13-4-11-3-12(6-13)7-14(17)5-11/h8,10-14,17-18H,3-7,9H2,1-2H3,(H,19,20). The van der Waals surface area contributed by atoms with Gasteiger partial charge in [0.05, 0.1) is 6.54 Å². The first-order valence-electron chi connectivity index (χ1n) is 8.46. The topological polar surface area (TPSA) is 40.7 Å². The minimum Gasteiger partial charge on any atom is -0.345 e. The van der Waals surface area contributed by atoms with E-state index in [1.54, 1.807) is 0 Å². The van der Waals surface area contributed by atoms with Crippen LogP contribution in [0.3, 0.4) is 0 Å². The Bertz CT molecular complexity index is 448. The van der Waals surface area contributed by atoms with Crippen LogP contribution in [0.5, 0.6) is 0 Å². The van der Waals surface area contributed by atoms with E-state index in [9.17, 15) is 0 Å². The van der Waals surface area contributed by atoms with Gasteiger partial charge in [-0.25, -0.2) is 4.98 Å². The summed E-state index contributed by atoms with van der Waals surface area (Å²) in [4.78, 5) is 8.23. The van der Waals surface area contributed by atoms with E-state index >= 15 is 0 Å². The van der Waals surface area contributed by atoms with Crippen molar-refractivity contribution in [3.8, 4) is 0 Å². The van der Waals surface area contributed by atoms with Crippen molar-refractivity contribution in [1.29, 1.82) is 0 Å². The van der Waals surface area contributed by atoms with E-state index in [1.807, 2.05) is 0 Å². The minimum atomic E-state index is 0.518. The molecule has 5 rings (SSSR count). The highest BCUT2D eigenvalue weighted by molar-refractivity contribution is 5.16. The Morgan fingerprint density at radius 2 is 1.80 bits per heavy atom. The summed E-state index contributed by atoms with van der Waals surface area (Å²) < 4.78 is 0. The molecule has 4 saturated carbocycles. The third-order valence-corrected chi connectivity index (χ3v) is 5.91. The maximum absolute atomic E-state index is 4.60. The van der Waals surface area contributed by atoms with Crippen molar-refractivity contribution in [2.24, 2.45) is 23.7 Å². The summed E-state index contributed by atoms with van der Waals surface area (Å²) >= 11 is 0. The van der Waals surface area contributed by atoms with Crippen LogP contribution in [-0.2, 0) is 6.54 Å². The molecule has 4 aliphatic rings. The Labute approximate surface area is 122 Å². The molecule has 0 aromatic carbocycles. The highest BCUT2D eigenvalue weighted by atomic mass is 15.0. The predicted octanol–water partition coefficient (Wildman–Crippen LogP) is 3.45. The monoisotopic (exact) mass is 273 g/mol. The summed E-state index contributed by atoms with van der Waals surface area (Å²) in [5, 5.41) is 3.45. The van der Waals surface area contributed by atoms with Crippen LogP contribution in [0.2, 0.25) is 0 Å². The SMILES string of the molecule is CC(C)NCc1ncc(C2C3CC4CC(C3)CC2C4)[nH]1. The van der Waals surface area contributed by atoms with Gasteiger partial charge in [-0.3, -0.25) is 0 Å². The number of hydrogen-bond donors (Lipinski definition) is 2. The molecule has 110 valence electrons. The van der Waals surface area contributed by atoms with Crippen molar-refractivity contribution in [2.45, 2.75) is 64.5 Å². The summed E-state index contributed by atoms with van der Waals surface area (Å²) in [6, 6.07) is 0.518. The van der Waals surface area contributed by atoms with Crippen LogP contribution >= 0.6 is 0 Å². The minimum absolute atomic E-state index is 0.518. The molecule has 0 radical (unpaired) electrons.